The van der Waals surface area contributed by atoms with Gasteiger partial charge in [-0.1, -0.05) is 48.5 Å². The third-order valence-corrected chi connectivity index (χ3v) is 5.93. The predicted molar refractivity (Wildman–Crippen MR) is 129 cm³/mol. The summed E-state index contributed by atoms with van der Waals surface area (Å²) in [5.74, 6) is -2.42. The molecule has 35 heavy (non-hydrogen) atoms. The molecule has 0 unspecified atom stereocenters. The molecule has 180 valence electrons. The minimum Gasteiger partial charge on any atom is -0.478 e. The number of hydrogen-bond donors (Lipinski definition) is 3. The topological polar surface area (TPSA) is 105 Å². The van der Waals surface area contributed by atoms with Crippen molar-refractivity contribution in [2.45, 2.75) is 25.2 Å². The fourth-order valence-electron chi connectivity index (χ4n) is 4.27. The molecule has 3 N–H and O–H groups in total. The summed E-state index contributed by atoms with van der Waals surface area (Å²) in [4.78, 5) is 35.5. The first-order chi connectivity index (χ1) is 16.9. The van der Waals surface area contributed by atoms with E-state index in [1.165, 1.54) is 6.07 Å². The first-order valence-electron chi connectivity index (χ1n) is 11.4. The molecule has 1 aliphatic rings. The van der Waals surface area contributed by atoms with Crippen molar-refractivity contribution in [1.29, 1.82) is 0 Å². The molecule has 0 saturated heterocycles. The number of amides is 2. The predicted octanol–water partition coefficient (Wildman–Crippen LogP) is 5.17. The lowest BCUT2D eigenvalue weighted by atomic mass is 9.98. The van der Waals surface area contributed by atoms with Crippen LogP contribution in [0.3, 0.4) is 0 Å². The summed E-state index contributed by atoms with van der Waals surface area (Å²) in [5.41, 5.74) is 4.33. The zero-order valence-corrected chi connectivity index (χ0v) is 18.9. The Morgan fingerprint density at radius 3 is 2.23 bits per heavy atom. The number of hydrogen-bond acceptors (Lipinski definition) is 4. The molecule has 0 saturated carbocycles. The van der Waals surface area contributed by atoms with Crippen LogP contribution >= 0.6 is 0 Å². The van der Waals surface area contributed by atoms with Crippen LogP contribution in [0.4, 0.5) is 14.9 Å². The number of benzene rings is 3. The number of alkyl carbamates (subject to hydrolysis) is 1. The maximum atomic E-state index is 13.3. The minimum absolute atomic E-state index is 0.0148. The van der Waals surface area contributed by atoms with Crippen LogP contribution in [0.2, 0.25) is 0 Å². The number of ether oxygens (including phenoxy) is 1. The van der Waals surface area contributed by atoms with Crippen LogP contribution in [-0.2, 0) is 9.53 Å². The Hall–Kier alpha value is -4.20. The number of anilines is 1. The van der Waals surface area contributed by atoms with Crippen molar-refractivity contribution in [2.75, 3.05) is 18.5 Å². The molecule has 0 atom stereocenters. The van der Waals surface area contributed by atoms with Gasteiger partial charge in [-0.05, 0) is 53.3 Å². The van der Waals surface area contributed by atoms with E-state index in [2.05, 4.69) is 34.9 Å². The van der Waals surface area contributed by atoms with Gasteiger partial charge in [-0.15, -0.1) is 0 Å². The van der Waals surface area contributed by atoms with Gasteiger partial charge in [0.1, 0.15) is 12.4 Å². The molecule has 0 aliphatic heterocycles. The van der Waals surface area contributed by atoms with Gasteiger partial charge in [0.25, 0.3) is 0 Å². The summed E-state index contributed by atoms with van der Waals surface area (Å²) < 4.78 is 18.7. The molecule has 7 nitrogen and oxygen atoms in total. The van der Waals surface area contributed by atoms with Gasteiger partial charge in [0, 0.05) is 18.9 Å². The van der Waals surface area contributed by atoms with Crippen molar-refractivity contribution in [3.63, 3.8) is 0 Å². The number of carboxylic acid groups (broad SMARTS) is 1. The average Bonchev–Trinajstić information content (AvgIpc) is 3.17. The number of fused-ring (bicyclic) bond motifs is 3. The lowest BCUT2D eigenvalue weighted by Gasteiger charge is -2.14. The van der Waals surface area contributed by atoms with Gasteiger partial charge >= 0.3 is 12.1 Å². The molecule has 0 bridgehead atoms. The summed E-state index contributed by atoms with van der Waals surface area (Å²) >= 11 is 0. The smallest absolute Gasteiger partial charge is 0.407 e. The molecule has 2 amide bonds. The number of carboxylic acids is 1. The fourth-order valence-corrected chi connectivity index (χ4v) is 4.27. The molecule has 4 rings (SSSR count). The Morgan fingerprint density at radius 2 is 1.57 bits per heavy atom. The van der Waals surface area contributed by atoms with Crippen molar-refractivity contribution in [3.8, 4) is 11.1 Å². The maximum absolute atomic E-state index is 13.3. The number of halogens is 1. The van der Waals surface area contributed by atoms with Crippen LogP contribution in [0, 0.1) is 5.82 Å². The number of rotatable bonds is 9. The van der Waals surface area contributed by atoms with E-state index in [1.807, 2.05) is 24.3 Å². The Morgan fingerprint density at radius 1 is 0.914 bits per heavy atom. The van der Waals surface area contributed by atoms with Gasteiger partial charge in [-0.25, -0.2) is 14.0 Å². The summed E-state index contributed by atoms with van der Waals surface area (Å²) in [6.07, 6.45) is 0.614. The third kappa shape index (κ3) is 5.66. The molecule has 0 radical (unpaired) electrons. The molecular weight excluding hydrogens is 451 g/mol. The Labute approximate surface area is 201 Å². The molecular formula is C27H25FN2O5. The van der Waals surface area contributed by atoms with Crippen molar-refractivity contribution < 1.29 is 28.6 Å². The van der Waals surface area contributed by atoms with E-state index in [0.717, 1.165) is 34.4 Å². The summed E-state index contributed by atoms with van der Waals surface area (Å²) in [6, 6.07) is 19.4. The average molecular weight is 477 g/mol. The summed E-state index contributed by atoms with van der Waals surface area (Å²) in [7, 11) is 0. The Balaban J connectivity index is 1.19. The van der Waals surface area contributed by atoms with Gasteiger partial charge in [0.15, 0.2) is 0 Å². The fraction of sp³-hybridized carbons (Fsp3) is 0.222. The number of carbonyl (C=O) groups excluding carboxylic acids is 2. The standard InChI is InChI=1S/C27H25FN2O5/c28-17-12-13-24(22(15-17)26(32)33)30-25(31)11-5-6-14-29-27(34)35-16-23-20-9-3-1-7-18(20)19-8-2-4-10-21(19)23/h1-4,7-10,12-13,15,23H,5-6,11,14,16H2,(H,29,34)(H,30,31)(H,32,33). The van der Waals surface area contributed by atoms with Crippen molar-refractivity contribution >= 4 is 23.7 Å². The number of nitrogens with one attached hydrogen (secondary N) is 2. The van der Waals surface area contributed by atoms with Crippen molar-refractivity contribution in [1.82, 2.24) is 5.32 Å². The highest BCUT2D eigenvalue weighted by atomic mass is 19.1. The van der Waals surface area contributed by atoms with Gasteiger partial charge in [0.2, 0.25) is 5.91 Å². The SMILES string of the molecule is O=C(CCCCNC(=O)OCC1c2ccccc2-c2ccccc21)Nc1ccc(F)cc1C(=O)O. The Bertz CT molecular complexity index is 1210. The van der Waals surface area contributed by atoms with E-state index >= 15 is 0 Å². The second-order valence-electron chi connectivity index (χ2n) is 8.25. The van der Waals surface area contributed by atoms with Crippen LogP contribution in [0.5, 0.6) is 0 Å². The second kappa shape index (κ2) is 10.8. The number of aromatic carboxylic acids is 1. The van der Waals surface area contributed by atoms with Crippen LogP contribution in [0.15, 0.2) is 66.7 Å². The summed E-state index contributed by atoms with van der Waals surface area (Å²) in [6.45, 7) is 0.562. The lowest BCUT2D eigenvalue weighted by molar-refractivity contribution is -0.116. The Kier molecular flexibility index (Phi) is 7.40. The zero-order valence-electron chi connectivity index (χ0n) is 18.9. The molecule has 3 aromatic rings. The quantitative estimate of drug-likeness (QED) is 0.370. The van der Waals surface area contributed by atoms with E-state index in [9.17, 15) is 18.8 Å². The molecule has 1 aliphatic carbocycles. The highest BCUT2D eigenvalue weighted by Gasteiger charge is 2.28. The van der Waals surface area contributed by atoms with Gasteiger partial charge in [-0.3, -0.25) is 4.79 Å². The van der Waals surface area contributed by atoms with E-state index in [1.54, 1.807) is 0 Å². The zero-order chi connectivity index (χ0) is 24.8. The van der Waals surface area contributed by atoms with E-state index in [4.69, 9.17) is 9.84 Å². The first-order valence-corrected chi connectivity index (χ1v) is 11.4. The van der Waals surface area contributed by atoms with Crippen LogP contribution in [-0.4, -0.2) is 36.2 Å². The van der Waals surface area contributed by atoms with Gasteiger partial charge in [-0.2, -0.15) is 0 Å². The van der Waals surface area contributed by atoms with Gasteiger partial charge in [0.05, 0.1) is 11.3 Å². The largest absolute Gasteiger partial charge is 0.478 e. The molecule has 0 heterocycles. The van der Waals surface area contributed by atoms with E-state index < -0.39 is 17.9 Å². The highest BCUT2D eigenvalue weighted by molar-refractivity contribution is 6.00. The van der Waals surface area contributed by atoms with Crippen molar-refractivity contribution in [3.05, 3.63) is 89.2 Å². The van der Waals surface area contributed by atoms with Crippen LogP contribution < -0.4 is 10.6 Å². The molecule has 8 heteroatoms. The third-order valence-electron chi connectivity index (χ3n) is 5.93. The number of carbonyl (C=O) groups is 3. The normalized spacial score (nSPS) is 11.9. The van der Waals surface area contributed by atoms with Crippen LogP contribution in [0.1, 0.15) is 46.7 Å². The van der Waals surface area contributed by atoms with Gasteiger partial charge < -0.3 is 20.5 Å². The van der Waals surface area contributed by atoms with E-state index in [-0.39, 0.29) is 36.1 Å². The summed E-state index contributed by atoms with van der Waals surface area (Å²) in [5, 5.41) is 14.3. The number of unbranched alkanes of at least 4 members (excludes halogenated alkanes) is 1. The second-order valence-corrected chi connectivity index (χ2v) is 8.25. The van der Waals surface area contributed by atoms with Crippen molar-refractivity contribution in [2.24, 2.45) is 0 Å². The minimum atomic E-state index is -1.33. The molecule has 0 aromatic heterocycles. The lowest BCUT2D eigenvalue weighted by Crippen LogP contribution is -2.27. The molecule has 0 fully saturated rings. The molecule has 3 aromatic carbocycles. The first kappa shape index (κ1) is 23.9. The van der Waals surface area contributed by atoms with E-state index in [0.29, 0.717) is 19.4 Å². The monoisotopic (exact) mass is 476 g/mol. The maximum Gasteiger partial charge on any atom is 0.407 e. The van der Waals surface area contributed by atoms with Crippen LogP contribution in [0.25, 0.3) is 11.1 Å². The molecule has 0 spiro atoms. The highest BCUT2D eigenvalue weighted by Crippen LogP contribution is 2.44.